The highest BCUT2D eigenvalue weighted by molar-refractivity contribution is 5.74. The summed E-state index contributed by atoms with van der Waals surface area (Å²) in [4.78, 5) is 15.1. The highest BCUT2D eigenvalue weighted by atomic mass is 16.4. The van der Waals surface area contributed by atoms with Gasteiger partial charge in [-0.05, 0) is 37.3 Å². The van der Waals surface area contributed by atoms with Crippen LogP contribution in [0.2, 0.25) is 0 Å². The van der Waals surface area contributed by atoms with Gasteiger partial charge in [0.1, 0.15) is 6.04 Å². The van der Waals surface area contributed by atoms with Crippen LogP contribution >= 0.6 is 0 Å². The summed E-state index contributed by atoms with van der Waals surface area (Å²) in [5, 5.41) is 12.3. The van der Waals surface area contributed by atoms with Crippen molar-refractivity contribution in [2.24, 2.45) is 5.92 Å². The number of hydrogen-bond acceptors (Lipinski definition) is 3. The highest BCUT2D eigenvalue weighted by Gasteiger charge is 2.36. The standard InChI is InChI=1S/C12H16N2O2/c1-8(10-3-2-6-13-7-10)14-11(12(15)16)9-4-5-9/h2-3,6-9,11,14H,4-5H2,1H3,(H,15,16)/t8-,11?/m0/s1. The maximum Gasteiger partial charge on any atom is 0.320 e. The summed E-state index contributed by atoms with van der Waals surface area (Å²) in [5.74, 6) is -0.449. The lowest BCUT2D eigenvalue weighted by Crippen LogP contribution is -2.40. The third kappa shape index (κ3) is 2.58. The zero-order valence-electron chi connectivity index (χ0n) is 9.26. The van der Waals surface area contributed by atoms with Crippen LogP contribution in [0.25, 0.3) is 0 Å². The molecule has 0 radical (unpaired) electrons. The van der Waals surface area contributed by atoms with E-state index in [9.17, 15) is 4.79 Å². The topological polar surface area (TPSA) is 62.2 Å². The lowest BCUT2D eigenvalue weighted by atomic mass is 10.1. The van der Waals surface area contributed by atoms with Crippen molar-refractivity contribution in [3.05, 3.63) is 30.1 Å². The summed E-state index contributed by atoms with van der Waals surface area (Å²) in [7, 11) is 0. The molecule has 1 saturated carbocycles. The minimum atomic E-state index is -0.752. The maximum atomic E-state index is 11.1. The van der Waals surface area contributed by atoms with E-state index in [0.29, 0.717) is 5.92 Å². The molecule has 0 aliphatic heterocycles. The summed E-state index contributed by atoms with van der Waals surface area (Å²) >= 11 is 0. The van der Waals surface area contributed by atoms with Crippen LogP contribution in [0.15, 0.2) is 24.5 Å². The Labute approximate surface area is 94.7 Å². The van der Waals surface area contributed by atoms with E-state index in [0.717, 1.165) is 18.4 Å². The van der Waals surface area contributed by atoms with Crippen LogP contribution in [0.4, 0.5) is 0 Å². The molecule has 2 N–H and O–H groups in total. The number of hydrogen-bond donors (Lipinski definition) is 2. The summed E-state index contributed by atoms with van der Waals surface area (Å²) in [6.07, 6.45) is 5.52. The fraction of sp³-hybridized carbons (Fsp3) is 0.500. The fourth-order valence-corrected chi connectivity index (χ4v) is 1.84. The van der Waals surface area contributed by atoms with Gasteiger partial charge < -0.3 is 5.11 Å². The van der Waals surface area contributed by atoms with Crippen LogP contribution < -0.4 is 5.32 Å². The second kappa shape index (κ2) is 4.61. The smallest absolute Gasteiger partial charge is 0.320 e. The minimum Gasteiger partial charge on any atom is -0.480 e. The molecule has 4 heteroatoms. The van der Waals surface area contributed by atoms with E-state index in [1.807, 2.05) is 19.1 Å². The number of nitrogens with one attached hydrogen (secondary N) is 1. The molecule has 2 rings (SSSR count). The average molecular weight is 220 g/mol. The summed E-state index contributed by atoms with van der Waals surface area (Å²) in [6, 6.07) is 3.42. The van der Waals surface area contributed by atoms with Gasteiger partial charge in [-0.15, -0.1) is 0 Å². The number of aliphatic carboxylic acids is 1. The minimum absolute atomic E-state index is 0.0235. The Morgan fingerprint density at radius 2 is 2.38 bits per heavy atom. The molecule has 1 heterocycles. The van der Waals surface area contributed by atoms with Gasteiger partial charge in [0.05, 0.1) is 0 Å². The molecular formula is C12H16N2O2. The van der Waals surface area contributed by atoms with Gasteiger partial charge in [0.15, 0.2) is 0 Å². The van der Waals surface area contributed by atoms with Crippen LogP contribution in [-0.4, -0.2) is 22.1 Å². The lowest BCUT2D eigenvalue weighted by Gasteiger charge is -2.19. The Morgan fingerprint density at radius 3 is 2.88 bits per heavy atom. The maximum absolute atomic E-state index is 11.1. The molecule has 86 valence electrons. The molecule has 1 unspecified atom stereocenters. The first kappa shape index (κ1) is 11.1. The van der Waals surface area contributed by atoms with Crippen molar-refractivity contribution < 1.29 is 9.90 Å². The molecule has 0 spiro atoms. The largest absolute Gasteiger partial charge is 0.480 e. The molecule has 1 aliphatic carbocycles. The number of aromatic nitrogens is 1. The molecule has 0 saturated heterocycles. The molecule has 16 heavy (non-hydrogen) atoms. The predicted octanol–water partition coefficient (Wildman–Crippen LogP) is 1.60. The number of carbonyl (C=O) groups is 1. The van der Waals surface area contributed by atoms with E-state index in [2.05, 4.69) is 10.3 Å². The van der Waals surface area contributed by atoms with Crippen molar-refractivity contribution in [3.8, 4) is 0 Å². The van der Waals surface area contributed by atoms with Crippen LogP contribution in [0.1, 0.15) is 31.4 Å². The van der Waals surface area contributed by atoms with Crippen LogP contribution in [-0.2, 0) is 4.79 Å². The van der Waals surface area contributed by atoms with Gasteiger partial charge in [-0.3, -0.25) is 15.1 Å². The van der Waals surface area contributed by atoms with Gasteiger partial charge in [-0.2, -0.15) is 0 Å². The fourth-order valence-electron chi connectivity index (χ4n) is 1.84. The molecule has 1 aromatic heterocycles. The Hall–Kier alpha value is -1.42. The summed E-state index contributed by atoms with van der Waals surface area (Å²) in [5.41, 5.74) is 1.02. The van der Waals surface area contributed by atoms with Crippen molar-refractivity contribution >= 4 is 5.97 Å². The normalized spacial score (nSPS) is 19.1. The monoisotopic (exact) mass is 220 g/mol. The van der Waals surface area contributed by atoms with E-state index in [4.69, 9.17) is 5.11 Å². The van der Waals surface area contributed by atoms with Gasteiger partial charge in [0.25, 0.3) is 0 Å². The lowest BCUT2D eigenvalue weighted by molar-refractivity contribution is -0.140. The Bertz CT molecular complexity index is 363. The molecule has 0 amide bonds. The molecule has 1 aliphatic rings. The summed E-state index contributed by atoms with van der Waals surface area (Å²) < 4.78 is 0. The van der Waals surface area contributed by atoms with Gasteiger partial charge in [0, 0.05) is 18.4 Å². The molecular weight excluding hydrogens is 204 g/mol. The van der Waals surface area contributed by atoms with Crippen molar-refractivity contribution in [2.45, 2.75) is 31.8 Å². The SMILES string of the molecule is C[C@H](NC(C(=O)O)C1CC1)c1cccnc1. The van der Waals surface area contributed by atoms with E-state index >= 15 is 0 Å². The number of pyridine rings is 1. The quantitative estimate of drug-likeness (QED) is 0.791. The van der Waals surface area contributed by atoms with E-state index < -0.39 is 12.0 Å². The molecule has 0 bridgehead atoms. The molecule has 1 aromatic rings. The Balaban J connectivity index is 2.00. The van der Waals surface area contributed by atoms with Crippen LogP contribution in [0, 0.1) is 5.92 Å². The number of rotatable bonds is 5. The first-order valence-corrected chi connectivity index (χ1v) is 5.57. The van der Waals surface area contributed by atoms with Crippen LogP contribution in [0.5, 0.6) is 0 Å². The number of nitrogens with zero attached hydrogens (tertiary/aromatic N) is 1. The van der Waals surface area contributed by atoms with E-state index in [1.165, 1.54) is 0 Å². The molecule has 4 nitrogen and oxygen atoms in total. The average Bonchev–Trinajstić information content (AvgIpc) is 3.10. The van der Waals surface area contributed by atoms with Crippen LogP contribution in [0.3, 0.4) is 0 Å². The second-order valence-corrected chi connectivity index (χ2v) is 4.33. The third-order valence-corrected chi connectivity index (χ3v) is 2.97. The van der Waals surface area contributed by atoms with Crippen molar-refractivity contribution in [1.82, 2.24) is 10.3 Å². The molecule has 0 aromatic carbocycles. The van der Waals surface area contributed by atoms with Gasteiger partial charge in [0.2, 0.25) is 0 Å². The van der Waals surface area contributed by atoms with E-state index in [1.54, 1.807) is 12.4 Å². The predicted molar refractivity (Wildman–Crippen MR) is 59.9 cm³/mol. The zero-order chi connectivity index (χ0) is 11.5. The van der Waals surface area contributed by atoms with E-state index in [-0.39, 0.29) is 6.04 Å². The van der Waals surface area contributed by atoms with Gasteiger partial charge in [-0.1, -0.05) is 6.07 Å². The second-order valence-electron chi connectivity index (χ2n) is 4.33. The Kier molecular flexibility index (Phi) is 3.19. The summed E-state index contributed by atoms with van der Waals surface area (Å²) in [6.45, 7) is 1.97. The molecule has 2 atom stereocenters. The van der Waals surface area contributed by atoms with Crippen molar-refractivity contribution in [2.75, 3.05) is 0 Å². The van der Waals surface area contributed by atoms with Crippen molar-refractivity contribution in [3.63, 3.8) is 0 Å². The van der Waals surface area contributed by atoms with Gasteiger partial charge in [-0.25, -0.2) is 0 Å². The van der Waals surface area contributed by atoms with Crippen molar-refractivity contribution in [1.29, 1.82) is 0 Å². The number of carboxylic acid groups (broad SMARTS) is 1. The van der Waals surface area contributed by atoms with Gasteiger partial charge >= 0.3 is 5.97 Å². The number of carboxylic acids is 1. The third-order valence-electron chi connectivity index (χ3n) is 2.97. The Morgan fingerprint density at radius 1 is 1.62 bits per heavy atom. The molecule has 1 fully saturated rings. The first-order chi connectivity index (χ1) is 7.68. The highest BCUT2D eigenvalue weighted by Crippen LogP contribution is 2.33. The zero-order valence-corrected chi connectivity index (χ0v) is 9.26. The first-order valence-electron chi connectivity index (χ1n) is 5.57.